The van der Waals surface area contributed by atoms with E-state index in [9.17, 15) is 14.4 Å². The molecule has 7 heteroatoms. The van der Waals surface area contributed by atoms with Gasteiger partial charge < -0.3 is 14.8 Å². The minimum atomic E-state index is -0.553. The second kappa shape index (κ2) is 10.6. The first-order valence-electron chi connectivity index (χ1n) is 9.04. The number of carbonyl (C=O) groups is 3. The van der Waals surface area contributed by atoms with Crippen molar-refractivity contribution in [3.8, 4) is 5.75 Å². The number of rotatable bonds is 10. The lowest BCUT2D eigenvalue weighted by molar-refractivity contribution is -0.148. The minimum absolute atomic E-state index is 0.0354. The Morgan fingerprint density at radius 2 is 1.79 bits per heavy atom. The normalized spacial score (nSPS) is 10.4. The van der Waals surface area contributed by atoms with Crippen LogP contribution in [-0.2, 0) is 20.7 Å². The molecule has 0 saturated carbocycles. The number of amides is 1. The highest BCUT2D eigenvalue weighted by molar-refractivity contribution is 7.12. The first kappa shape index (κ1) is 21.6. The van der Waals surface area contributed by atoms with E-state index in [0.717, 1.165) is 21.1 Å². The molecule has 1 amide bonds. The van der Waals surface area contributed by atoms with E-state index in [0.29, 0.717) is 18.5 Å². The molecule has 2 rings (SSSR count). The van der Waals surface area contributed by atoms with Crippen LogP contribution in [0.15, 0.2) is 30.3 Å². The summed E-state index contributed by atoms with van der Waals surface area (Å²) in [5.74, 6) is -0.217. The van der Waals surface area contributed by atoms with Gasteiger partial charge in [-0.25, -0.2) is 0 Å². The van der Waals surface area contributed by atoms with Gasteiger partial charge in [0.05, 0.1) is 13.5 Å². The van der Waals surface area contributed by atoms with E-state index in [1.165, 1.54) is 0 Å². The monoisotopic (exact) mass is 403 g/mol. The number of carbonyl (C=O) groups excluding carboxylic acids is 3. The van der Waals surface area contributed by atoms with Crippen LogP contribution in [-0.4, -0.2) is 37.9 Å². The number of nitrogens with one attached hydrogen (secondary N) is 1. The first-order chi connectivity index (χ1) is 13.4. The Bertz CT molecular complexity index is 826. The van der Waals surface area contributed by atoms with E-state index in [-0.39, 0.29) is 31.1 Å². The molecule has 2 aromatic rings. The van der Waals surface area contributed by atoms with Gasteiger partial charge in [0.15, 0.2) is 12.4 Å². The maximum absolute atomic E-state index is 12.1. The van der Waals surface area contributed by atoms with Crippen LogP contribution < -0.4 is 10.1 Å². The molecule has 1 aromatic heterocycles. The zero-order valence-electron chi connectivity index (χ0n) is 16.4. The molecule has 0 aliphatic carbocycles. The third-order valence-corrected chi connectivity index (χ3v) is 5.12. The number of aryl methyl sites for hydroxylation is 2. The van der Waals surface area contributed by atoms with Gasteiger partial charge in [0, 0.05) is 28.3 Å². The van der Waals surface area contributed by atoms with E-state index in [4.69, 9.17) is 9.47 Å². The Morgan fingerprint density at radius 3 is 2.39 bits per heavy atom. The summed E-state index contributed by atoms with van der Waals surface area (Å²) in [6, 6.07) is 9.42. The lowest BCUT2D eigenvalue weighted by Crippen LogP contribution is -2.30. The van der Waals surface area contributed by atoms with Crippen molar-refractivity contribution in [1.29, 1.82) is 0 Å². The summed E-state index contributed by atoms with van der Waals surface area (Å²) in [7, 11) is 1.61. The summed E-state index contributed by atoms with van der Waals surface area (Å²) in [5, 5.41) is 2.70. The molecule has 0 saturated heterocycles. The highest BCUT2D eigenvalue weighted by Gasteiger charge is 2.15. The van der Waals surface area contributed by atoms with Gasteiger partial charge in [-0.05, 0) is 44.0 Å². The molecule has 0 bridgehead atoms. The van der Waals surface area contributed by atoms with E-state index in [1.807, 2.05) is 44.2 Å². The molecule has 0 radical (unpaired) electrons. The standard InChI is InChI=1S/C21H25NO5S/c1-14-12-18(15(2)28-14)19(23)8-9-21(25)27-13-20(24)22-11-10-16-4-6-17(26-3)7-5-16/h4-7,12H,8-11,13H2,1-3H3,(H,22,24). The predicted octanol–water partition coefficient (Wildman–Crippen LogP) is 3.24. The van der Waals surface area contributed by atoms with Crippen molar-refractivity contribution in [1.82, 2.24) is 5.32 Å². The van der Waals surface area contributed by atoms with Crippen LogP contribution in [0.3, 0.4) is 0 Å². The van der Waals surface area contributed by atoms with Gasteiger partial charge in [0.25, 0.3) is 5.91 Å². The van der Waals surface area contributed by atoms with Crippen molar-refractivity contribution in [3.63, 3.8) is 0 Å². The van der Waals surface area contributed by atoms with Crippen molar-refractivity contribution in [2.45, 2.75) is 33.1 Å². The van der Waals surface area contributed by atoms with Crippen LogP contribution in [0.25, 0.3) is 0 Å². The third kappa shape index (κ3) is 6.81. The second-order valence-corrected chi connectivity index (χ2v) is 7.82. The quantitative estimate of drug-likeness (QED) is 0.486. The molecule has 6 nitrogen and oxygen atoms in total. The van der Waals surface area contributed by atoms with Crippen LogP contribution in [0.5, 0.6) is 5.75 Å². The average molecular weight is 404 g/mol. The number of hydrogen-bond donors (Lipinski definition) is 1. The van der Waals surface area contributed by atoms with Crippen LogP contribution >= 0.6 is 11.3 Å². The van der Waals surface area contributed by atoms with Crippen LogP contribution in [0.4, 0.5) is 0 Å². The Hall–Kier alpha value is -2.67. The number of thiophene rings is 1. The summed E-state index contributed by atoms with van der Waals surface area (Å²) in [6.07, 6.45) is 0.707. The van der Waals surface area contributed by atoms with E-state index >= 15 is 0 Å². The van der Waals surface area contributed by atoms with Crippen molar-refractivity contribution < 1.29 is 23.9 Å². The molecule has 0 spiro atoms. The lowest BCUT2D eigenvalue weighted by atomic mass is 10.1. The molecule has 28 heavy (non-hydrogen) atoms. The largest absolute Gasteiger partial charge is 0.497 e. The Kier molecular flexibility index (Phi) is 8.19. The molecule has 1 heterocycles. The van der Waals surface area contributed by atoms with Gasteiger partial charge >= 0.3 is 5.97 Å². The van der Waals surface area contributed by atoms with Crippen molar-refractivity contribution in [2.75, 3.05) is 20.3 Å². The first-order valence-corrected chi connectivity index (χ1v) is 9.86. The Labute approximate surface area is 168 Å². The fraction of sp³-hybridized carbons (Fsp3) is 0.381. The van der Waals surface area contributed by atoms with Crippen molar-refractivity contribution >= 4 is 29.0 Å². The summed E-state index contributed by atoms with van der Waals surface area (Å²) in [6.45, 7) is 3.93. The van der Waals surface area contributed by atoms with Crippen LogP contribution in [0, 0.1) is 13.8 Å². The van der Waals surface area contributed by atoms with Crippen molar-refractivity contribution in [2.24, 2.45) is 0 Å². The smallest absolute Gasteiger partial charge is 0.306 e. The Morgan fingerprint density at radius 1 is 1.07 bits per heavy atom. The molecule has 150 valence electrons. The van der Waals surface area contributed by atoms with Gasteiger partial charge in [0.1, 0.15) is 5.75 Å². The molecule has 0 aliphatic heterocycles. The predicted molar refractivity (Wildman–Crippen MR) is 108 cm³/mol. The number of methoxy groups -OCH3 is 1. The van der Waals surface area contributed by atoms with E-state index < -0.39 is 5.97 Å². The number of hydrogen-bond acceptors (Lipinski definition) is 6. The number of ether oxygens (including phenoxy) is 2. The molecule has 0 atom stereocenters. The van der Waals surface area contributed by atoms with E-state index in [2.05, 4.69) is 5.32 Å². The minimum Gasteiger partial charge on any atom is -0.497 e. The molecule has 0 unspecified atom stereocenters. The zero-order chi connectivity index (χ0) is 20.5. The SMILES string of the molecule is COc1ccc(CCNC(=O)COC(=O)CCC(=O)c2cc(C)sc2C)cc1. The van der Waals surface area contributed by atoms with Gasteiger partial charge in [-0.3, -0.25) is 14.4 Å². The van der Waals surface area contributed by atoms with Gasteiger partial charge in [0.2, 0.25) is 0 Å². The lowest BCUT2D eigenvalue weighted by Gasteiger charge is -2.07. The summed E-state index contributed by atoms with van der Waals surface area (Å²) in [4.78, 5) is 37.7. The van der Waals surface area contributed by atoms with Gasteiger partial charge in [-0.15, -0.1) is 11.3 Å². The summed E-state index contributed by atoms with van der Waals surface area (Å²) < 4.78 is 10.0. The molecule has 1 N–H and O–H groups in total. The second-order valence-electron chi connectivity index (χ2n) is 6.36. The number of Topliss-reactive ketones (excluding diaryl/α,β-unsaturated/α-hetero) is 1. The molecular weight excluding hydrogens is 378 g/mol. The molecule has 1 aromatic carbocycles. The zero-order valence-corrected chi connectivity index (χ0v) is 17.2. The topological polar surface area (TPSA) is 81.7 Å². The number of ketones is 1. The number of benzene rings is 1. The summed E-state index contributed by atoms with van der Waals surface area (Å²) >= 11 is 1.56. The van der Waals surface area contributed by atoms with Crippen LogP contribution in [0.2, 0.25) is 0 Å². The highest BCUT2D eigenvalue weighted by Crippen LogP contribution is 2.22. The maximum atomic E-state index is 12.1. The van der Waals surface area contributed by atoms with Crippen molar-refractivity contribution in [3.05, 3.63) is 51.2 Å². The molecule has 0 aliphatic rings. The third-order valence-electron chi connectivity index (χ3n) is 4.16. The Balaban J connectivity index is 1.63. The maximum Gasteiger partial charge on any atom is 0.306 e. The molecule has 0 fully saturated rings. The van der Waals surface area contributed by atoms with Crippen LogP contribution in [0.1, 0.15) is 38.5 Å². The fourth-order valence-corrected chi connectivity index (χ4v) is 3.61. The van der Waals surface area contributed by atoms with E-state index in [1.54, 1.807) is 18.4 Å². The average Bonchev–Trinajstić information content (AvgIpc) is 3.03. The van der Waals surface area contributed by atoms with Gasteiger partial charge in [-0.1, -0.05) is 12.1 Å². The number of esters is 1. The fourth-order valence-electron chi connectivity index (χ4n) is 2.67. The summed E-state index contributed by atoms with van der Waals surface area (Å²) in [5.41, 5.74) is 1.72. The molecular formula is C21H25NO5S. The van der Waals surface area contributed by atoms with Gasteiger partial charge in [-0.2, -0.15) is 0 Å². The highest BCUT2D eigenvalue weighted by atomic mass is 32.1.